The molecule has 3 atom stereocenters. The van der Waals surface area contributed by atoms with Crippen LogP contribution in [0.2, 0.25) is 0 Å². The van der Waals surface area contributed by atoms with Crippen LogP contribution in [0, 0.1) is 0 Å². The van der Waals surface area contributed by atoms with Crippen molar-refractivity contribution in [2.45, 2.75) is 37.6 Å². The lowest BCUT2D eigenvalue weighted by atomic mass is 9.91. The van der Waals surface area contributed by atoms with Gasteiger partial charge in [-0.15, -0.1) is 0 Å². The molecule has 156 valence electrons. The lowest BCUT2D eigenvalue weighted by Crippen LogP contribution is -2.54. The van der Waals surface area contributed by atoms with Gasteiger partial charge >= 0.3 is 18.0 Å². The van der Waals surface area contributed by atoms with E-state index in [9.17, 15) is 19.2 Å². The molecule has 0 aromatic heterocycles. The average molecular weight is 470 g/mol. The molecule has 1 spiro atoms. The van der Waals surface area contributed by atoms with Gasteiger partial charge in [0.25, 0.3) is 5.91 Å². The van der Waals surface area contributed by atoms with E-state index >= 15 is 0 Å². The summed E-state index contributed by atoms with van der Waals surface area (Å²) in [5.74, 6) is -1.61. The molecule has 29 heavy (non-hydrogen) atoms. The molecule has 11 nitrogen and oxygen atoms in total. The topological polar surface area (TPSA) is 149 Å². The largest absolute Gasteiger partial charge is 0.481 e. The number of hydrogen-bond donors (Lipinski definition) is 5. The molecule has 2 aliphatic heterocycles. The fourth-order valence-electron chi connectivity index (χ4n) is 3.23. The van der Waals surface area contributed by atoms with E-state index in [2.05, 4.69) is 37.3 Å². The first-order chi connectivity index (χ1) is 13.7. The molecule has 1 aromatic rings. The van der Waals surface area contributed by atoms with Gasteiger partial charge in [-0.3, -0.25) is 14.9 Å². The van der Waals surface area contributed by atoms with Gasteiger partial charge in [-0.2, -0.15) is 5.01 Å². The lowest BCUT2D eigenvalue weighted by Gasteiger charge is -2.23. The molecule has 2 heterocycles. The summed E-state index contributed by atoms with van der Waals surface area (Å²) in [6.45, 7) is 1.78. The number of benzene rings is 1. The SMILES string of the molecule is CC1OC(NCCC(=O)O)CC12NC(=O)N(NC(=O)Nc1ccc(Br)cc1)C2=O. The monoisotopic (exact) mass is 469 g/mol. The standard InChI is InChI=1S/C17H20BrN5O6/c1-9-17(8-12(29-9)19-7-6-13(24)25)14(26)23(16(28)21-17)22-15(27)20-11-4-2-10(18)3-5-11/h2-5,9,12,19H,6-8H2,1H3,(H,21,28)(H,24,25)(H2,20,22,27). The first-order valence-corrected chi connectivity index (χ1v) is 9.61. The number of amides is 5. The van der Waals surface area contributed by atoms with Gasteiger partial charge in [-0.1, -0.05) is 15.9 Å². The van der Waals surface area contributed by atoms with Crippen molar-refractivity contribution >= 4 is 45.6 Å². The Morgan fingerprint density at radius 2 is 2.03 bits per heavy atom. The van der Waals surface area contributed by atoms with Crippen LogP contribution in [0.4, 0.5) is 15.3 Å². The van der Waals surface area contributed by atoms with Crippen molar-refractivity contribution in [1.29, 1.82) is 0 Å². The second-order valence-corrected chi connectivity index (χ2v) is 7.60. The van der Waals surface area contributed by atoms with Gasteiger partial charge in [0.2, 0.25) is 0 Å². The van der Waals surface area contributed by atoms with E-state index in [0.717, 1.165) is 4.47 Å². The molecule has 5 N–H and O–H groups in total. The third-order valence-electron chi connectivity index (χ3n) is 4.71. The van der Waals surface area contributed by atoms with Crippen molar-refractivity contribution in [3.05, 3.63) is 28.7 Å². The zero-order valence-corrected chi connectivity index (χ0v) is 17.0. The van der Waals surface area contributed by atoms with Crippen molar-refractivity contribution in [2.75, 3.05) is 11.9 Å². The minimum Gasteiger partial charge on any atom is -0.481 e. The summed E-state index contributed by atoms with van der Waals surface area (Å²) in [5, 5.41) is 17.3. The van der Waals surface area contributed by atoms with Crippen molar-refractivity contribution in [2.24, 2.45) is 0 Å². The van der Waals surface area contributed by atoms with Gasteiger partial charge in [0.15, 0.2) is 5.54 Å². The van der Waals surface area contributed by atoms with Gasteiger partial charge < -0.3 is 20.5 Å². The Balaban J connectivity index is 1.62. The predicted molar refractivity (Wildman–Crippen MR) is 104 cm³/mol. The number of halogens is 1. The highest BCUT2D eigenvalue weighted by Crippen LogP contribution is 2.34. The van der Waals surface area contributed by atoms with Crippen LogP contribution in [0.3, 0.4) is 0 Å². The lowest BCUT2D eigenvalue weighted by molar-refractivity contribution is -0.137. The molecule has 12 heteroatoms. The fraction of sp³-hybridized carbons (Fsp3) is 0.412. The summed E-state index contributed by atoms with van der Waals surface area (Å²) in [7, 11) is 0. The van der Waals surface area contributed by atoms with Crippen LogP contribution >= 0.6 is 15.9 Å². The summed E-state index contributed by atoms with van der Waals surface area (Å²) in [6.07, 6.45) is -1.29. The quantitative estimate of drug-likeness (QED) is 0.389. The van der Waals surface area contributed by atoms with Crippen LogP contribution in [-0.4, -0.2) is 58.5 Å². The first-order valence-electron chi connectivity index (χ1n) is 8.82. The molecule has 3 rings (SSSR count). The first kappa shape index (κ1) is 21.0. The summed E-state index contributed by atoms with van der Waals surface area (Å²) in [6, 6.07) is 5.23. The highest BCUT2D eigenvalue weighted by molar-refractivity contribution is 9.10. The summed E-state index contributed by atoms with van der Waals surface area (Å²) >= 11 is 3.29. The Kier molecular flexibility index (Phi) is 6.05. The van der Waals surface area contributed by atoms with Crippen molar-refractivity contribution in [3.63, 3.8) is 0 Å². The molecule has 0 saturated carbocycles. The predicted octanol–water partition coefficient (Wildman–Crippen LogP) is 0.975. The molecule has 2 saturated heterocycles. The van der Waals surface area contributed by atoms with Crippen LogP contribution in [0.25, 0.3) is 0 Å². The maximum Gasteiger partial charge on any atom is 0.344 e. The van der Waals surface area contributed by atoms with E-state index in [1.165, 1.54) is 0 Å². The van der Waals surface area contributed by atoms with Gasteiger partial charge in [-0.25, -0.2) is 15.0 Å². The van der Waals surface area contributed by atoms with Crippen LogP contribution in [0.15, 0.2) is 28.7 Å². The number of anilines is 1. The number of aliphatic carboxylic acids is 1. The smallest absolute Gasteiger partial charge is 0.344 e. The molecule has 3 unspecified atom stereocenters. The molecule has 0 bridgehead atoms. The Morgan fingerprint density at radius 1 is 1.34 bits per heavy atom. The minimum atomic E-state index is -1.34. The molecular weight excluding hydrogens is 450 g/mol. The molecule has 2 fully saturated rings. The Labute approximate surface area is 174 Å². The van der Waals surface area contributed by atoms with E-state index in [-0.39, 0.29) is 19.4 Å². The van der Waals surface area contributed by atoms with Crippen molar-refractivity contribution in [1.82, 2.24) is 21.1 Å². The summed E-state index contributed by atoms with van der Waals surface area (Å²) < 4.78 is 6.50. The Hall–Kier alpha value is -2.70. The summed E-state index contributed by atoms with van der Waals surface area (Å²) in [5.41, 5.74) is 1.38. The number of carbonyl (C=O) groups is 4. The number of nitrogens with one attached hydrogen (secondary N) is 4. The molecule has 5 amide bonds. The number of ether oxygens (including phenoxy) is 1. The van der Waals surface area contributed by atoms with E-state index in [4.69, 9.17) is 9.84 Å². The average Bonchev–Trinajstić information content (AvgIpc) is 3.08. The summed E-state index contributed by atoms with van der Waals surface area (Å²) in [4.78, 5) is 48.0. The van der Waals surface area contributed by atoms with E-state index in [0.29, 0.717) is 10.7 Å². The molecule has 0 aliphatic carbocycles. The highest BCUT2D eigenvalue weighted by Gasteiger charge is 2.60. The van der Waals surface area contributed by atoms with Crippen LogP contribution in [0.1, 0.15) is 19.8 Å². The number of urea groups is 2. The Bertz CT molecular complexity index is 834. The van der Waals surface area contributed by atoms with Crippen molar-refractivity contribution < 1.29 is 29.0 Å². The molecule has 2 aliphatic rings. The zero-order valence-electron chi connectivity index (χ0n) is 15.4. The number of carboxylic acid groups (broad SMARTS) is 1. The number of carbonyl (C=O) groups excluding carboxylic acids is 3. The maximum absolute atomic E-state index is 12.9. The minimum absolute atomic E-state index is 0.102. The number of nitrogens with zero attached hydrogens (tertiary/aromatic N) is 1. The van der Waals surface area contributed by atoms with Crippen LogP contribution in [0.5, 0.6) is 0 Å². The van der Waals surface area contributed by atoms with Crippen LogP contribution in [-0.2, 0) is 14.3 Å². The third-order valence-corrected chi connectivity index (χ3v) is 5.24. The number of hydrogen-bond acceptors (Lipinski definition) is 6. The van der Waals surface area contributed by atoms with Crippen molar-refractivity contribution in [3.8, 4) is 0 Å². The molecule has 0 radical (unpaired) electrons. The second-order valence-electron chi connectivity index (χ2n) is 6.68. The van der Waals surface area contributed by atoms with E-state index in [1.54, 1.807) is 31.2 Å². The number of rotatable bonds is 6. The van der Waals surface area contributed by atoms with Gasteiger partial charge in [-0.05, 0) is 31.2 Å². The zero-order chi connectivity index (χ0) is 21.2. The second kappa shape index (κ2) is 8.35. The number of imide groups is 1. The molecular formula is C17H20BrN5O6. The van der Waals surface area contributed by atoms with Crippen LogP contribution < -0.4 is 21.4 Å². The highest BCUT2D eigenvalue weighted by atomic mass is 79.9. The van der Waals surface area contributed by atoms with Gasteiger partial charge in [0.1, 0.15) is 6.23 Å². The molecule has 1 aromatic carbocycles. The fourth-order valence-corrected chi connectivity index (χ4v) is 3.49. The maximum atomic E-state index is 12.9. The van der Waals surface area contributed by atoms with Gasteiger partial charge in [0, 0.05) is 23.1 Å². The van der Waals surface area contributed by atoms with E-state index < -0.39 is 41.8 Å². The normalized spacial score (nSPS) is 25.9. The number of carboxylic acids is 1. The Morgan fingerprint density at radius 3 is 2.69 bits per heavy atom. The number of hydrazine groups is 1. The third kappa shape index (κ3) is 4.49. The van der Waals surface area contributed by atoms with Gasteiger partial charge in [0.05, 0.1) is 12.5 Å². The van der Waals surface area contributed by atoms with E-state index in [1.807, 2.05) is 0 Å².